The van der Waals surface area contributed by atoms with E-state index in [2.05, 4.69) is 32.6 Å². The van der Waals surface area contributed by atoms with Gasteiger partial charge in [0.25, 0.3) is 0 Å². The van der Waals surface area contributed by atoms with Gasteiger partial charge in [-0.3, -0.25) is 0 Å². The molecule has 0 aliphatic carbocycles. The SMILES string of the molecule is C=C(C[C@@H]1OC(C)(C)OC[C@@H]1C)[C@@H](C)OCc1ccccc1. The van der Waals surface area contributed by atoms with E-state index in [1.807, 2.05) is 32.0 Å². The standard InChI is InChI=1S/C19H28O3/c1-14(11-18-15(2)12-21-19(4,5)22-18)16(3)20-13-17-9-7-6-8-10-17/h6-10,15-16,18H,1,11-13H2,2-5H3/t15-,16+,18-/m0/s1. The highest BCUT2D eigenvalue weighted by Gasteiger charge is 2.34. The molecule has 1 aromatic rings. The summed E-state index contributed by atoms with van der Waals surface area (Å²) in [6, 6.07) is 10.2. The Morgan fingerprint density at radius 2 is 2.05 bits per heavy atom. The lowest BCUT2D eigenvalue weighted by Gasteiger charge is -2.40. The van der Waals surface area contributed by atoms with Crippen LogP contribution in [-0.2, 0) is 20.8 Å². The molecule has 1 aromatic carbocycles. The van der Waals surface area contributed by atoms with Gasteiger partial charge in [0, 0.05) is 5.92 Å². The second kappa shape index (κ2) is 7.40. The molecule has 22 heavy (non-hydrogen) atoms. The minimum absolute atomic E-state index is 0.0157. The molecule has 0 aromatic heterocycles. The molecule has 0 saturated carbocycles. The van der Waals surface area contributed by atoms with Gasteiger partial charge >= 0.3 is 0 Å². The fourth-order valence-electron chi connectivity index (χ4n) is 2.53. The van der Waals surface area contributed by atoms with E-state index in [9.17, 15) is 0 Å². The molecule has 1 heterocycles. The normalized spacial score (nSPS) is 25.6. The van der Waals surface area contributed by atoms with Crippen molar-refractivity contribution in [2.24, 2.45) is 5.92 Å². The number of hydrogen-bond acceptors (Lipinski definition) is 3. The molecule has 0 radical (unpaired) electrons. The van der Waals surface area contributed by atoms with E-state index in [1.165, 1.54) is 5.56 Å². The average Bonchev–Trinajstić information content (AvgIpc) is 2.49. The van der Waals surface area contributed by atoms with Gasteiger partial charge in [-0.25, -0.2) is 0 Å². The van der Waals surface area contributed by atoms with Crippen molar-refractivity contribution in [3.05, 3.63) is 48.0 Å². The average molecular weight is 304 g/mol. The number of rotatable bonds is 6. The van der Waals surface area contributed by atoms with Gasteiger partial charge in [-0.2, -0.15) is 0 Å². The zero-order valence-electron chi connectivity index (χ0n) is 14.2. The van der Waals surface area contributed by atoms with Crippen molar-refractivity contribution in [2.75, 3.05) is 6.61 Å². The fraction of sp³-hybridized carbons (Fsp3) is 0.579. The fourth-order valence-corrected chi connectivity index (χ4v) is 2.53. The smallest absolute Gasteiger partial charge is 0.163 e. The van der Waals surface area contributed by atoms with Gasteiger partial charge in [0.05, 0.1) is 25.4 Å². The first-order valence-electron chi connectivity index (χ1n) is 8.02. The summed E-state index contributed by atoms with van der Waals surface area (Å²) in [5, 5.41) is 0. The second-order valence-electron chi connectivity index (χ2n) is 6.65. The molecule has 1 aliphatic heterocycles. The van der Waals surface area contributed by atoms with Crippen molar-refractivity contribution in [3.8, 4) is 0 Å². The van der Waals surface area contributed by atoms with Crippen LogP contribution in [0.3, 0.4) is 0 Å². The summed E-state index contributed by atoms with van der Waals surface area (Å²) in [6.07, 6.45) is 0.963. The largest absolute Gasteiger partial charge is 0.369 e. The van der Waals surface area contributed by atoms with Gasteiger partial charge in [0.1, 0.15) is 0 Å². The second-order valence-corrected chi connectivity index (χ2v) is 6.65. The summed E-state index contributed by atoms with van der Waals surface area (Å²) in [4.78, 5) is 0. The Bertz CT molecular complexity index is 481. The van der Waals surface area contributed by atoms with Gasteiger partial charge in [0.15, 0.2) is 5.79 Å². The Morgan fingerprint density at radius 3 is 2.73 bits per heavy atom. The molecule has 122 valence electrons. The highest BCUT2D eigenvalue weighted by atomic mass is 16.7. The summed E-state index contributed by atoms with van der Waals surface area (Å²) >= 11 is 0. The van der Waals surface area contributed by atoms with Crippen LogP contribution in [0, 0.1) is 5.92 Å². The molecule has 0 unspecified atom stereocenters. The van der Waals surface area contributed by atoms with E-state index in [4.69, 9.17) is 14.2 Å². The first-order valence-corrected chi connectivity index (χ1v) is 8.02. The van der Waals surface area contributed by atoms with Crippen molar-refractivity contribution in [3.63, 3.8) is 0 Å². The van der Waals surface area contributed by atoms with Gasteiger partial charge in [0.2, 0.25) is 0 Å². The highest BCUT2D eigenvalue weighted by Crippen LogP contribution is 2.30. The van der Waals surface area contributed by atoms with Crippen molar-refractivity contribution >= 4 is 0 Å². The Morgan fingerprint density at radius 1 is 1.36 bits per heavy atom. The van der Waals surface area contributed by atoms with E-state index in [-0.39, 0.29) is 12.2 Å². The third-order valence-corrected chi connectivity index (χ3v) is 4.14. The molecule has 0 N–H and O–H groups in total. The van der Waals surface area contributed by atoms with E-state index in [0.29, 0.717) is 12.5 Å². The van der Waals surface area contributed by atoms with Crippen LogP contribution < -0.4 is 0 Å². The van der Waals surface area contributed by atoms with Crippen LogP contribution >= 0.6 is 0 Å². The Labute approximate surface area is 134 Å². The maximum Gasteiger partial charge on any atom is 0.163 e. The molecule has 3 nitrogen and oxygen atoms in total. The van der Waals surface area contributed by atoms with E-state index in [1.54, 1.807) is 0 Å². The summed E-state index contributed by atoms with van der Waals surface area (Å²) in [6.45, 7) is 13.7. The molecular weight excluding hydrogens is 276 g/mol. The number of ether oxygens (including phenoxy) is 3. The predicted molar refractivity (Wildman–Crippen MR) is 88.5 cm³/mol. The third kappa shape index (κ3) is 4.94. The van der Waals surface area contributed by atoms with Crippen molar-refractivity contribution in [2.45, 2.75) is 58.7 Å². The lowest BCUT2D eigenvalue weighted by Crippen LogP contribution is -2.45. The molecule has 0 amide bonds. The molecule has 0 bridgehead atoms. The van der Waals surface area contributed by atoms with Crippen molar-refractivity contribution in [1.82, 2.24) is 0 Å². The maximum atomic E-state index is 6.03. The lowest BCUT2D eigenvalue weighted by molar-refractivity contribution is -0.290. The van der Waals surface area contributed by atoms with Crippen molar-refractivity contribution < 1.29 is 14.2 Å². The molecule has 3 heteroatoms. The predicted octanol–water partition coefficient (Wildman–Crippen LogP) is 4.33. The van der Waals surface area contributed by atoms with Gasteiger partial charge in [-0.1, -0.05) is 43.8 Å². The summed E-state index contributed by atoms with van der Waals surface area (Å²) in [5.74, 6) is -0.142. The van der Waals surface area contributed by atoms with Crippen LogP contribution in [0.25, 0.3) is 0 Å². The van der Waals surface area contributed by atoms with Crippen LogP contribution in [-0.4, -0.2) is 24.6 Å². The molecule has 1 fully saturated rings. The van der Waals surface area contributed by atoms with E-state index in [0.717, 1.165) is 18.6 Å². The number of benzene rings is 1. The third-order valence-electron chi connectivity index (χ3n) is 4.14. The zero-order chi connectivity index (χ0) is 16.2. The quantitative estimate of drug-likeness (QED) is 0.732. The zero-order valence-corrected chi connectivity index (χ0v) is 14.2. The Kier molecular flexibility index (Phi) is 5.79. The maximum absolute atomic E-state index is 6.03. The highest BCUT2D eigenvalue weighted by molar-refractivity contribution is 5.14. The lowest BCUT2D eigenvalue weighted by atomic mass is 9.95. The summed E-state index contributed by atoms with van der Waals surface area (Å²) in [7, 11) is 0. The monoisotopic (exact) mass is 304 g/mol. The topological polar surface area (TPSA) is 27.7 Å². The van der Waals surface area contributed by atoms with Crippen LogP contribution in [0.2, 0.25) is 0 Å². The Balaban J connectivity index is 1.83. The van der Waals surface area contributed by atoms with Gasteiger partial charge in [-0.05, 0) is 38.3 Å². The summed E-state index contributed by atoms with van der Waals surface area (Å²) < 4.78 is 17.6. The molecule has 1 saturated heterocycles. The van der Waals surface area contributed by atoms with Crippen LogP contribution in [0.15, 0.2) is 42.5 Å². The van der Waals surface area contributed by atoms with Crippen LogP contribution in [0.5, 0.6) is 0 Å². The van der Waals surface area contributed by atoms with Crippen molar-refractivity contribution in [1.29, 1.82) is 0 Å². The van der Waals surface area contributed by atoms with Gasteiger partial charge in [-0.15, -0.1) is 0 Å². The van der Waals surface area contributed by atoms with E-state index < -0.39 is 5.79 Å². The first kappa shape index (κ1) is 17.2. The first-order chi connectivity index (χ1) is 10.4. The van der Waals surface area contributed by atoms with Gasteiger partial charge < -0.3 is 14.2 Å². The molecule has 1 aliphatic rings. The van der Waals surface area contributed by atoms with Crippen LogP contribution in [0.4, 0.5) is 0 Å². The molecule has 2 rings (SSSR count). The summed E-state index contributed by atoms with van der Waals surface area (Å²) in [5.41, 5.74) is 2.25. The minimum Gasteiger partial charge on any atom is -0.369 e. The molecule has 3 atom stereocenters. The molecular formula is C19H28O3. The Hall–Kier alpha value is -1.16. The van der Waals surface area contributed by atoms with E-state index >= 15 is 0 Å². The van der Waals surface area contributed by atoms with Crippen LogP contribution in [0.1, 0.15) is 39.7 Å². The molecule has 0 spiro atoms. The number of hydrogen-bond donors (Lipinski definition) is 0. The minimum atomic E-state index is -0.508.